The first-order valence-electron chi connectivity index (χ1n) is 5.66. The van der Waals surface area contributed by atoms with Crippen LogP contribution in [0.4, 0.5) is 13.2 Å². The fraction of sp³-hybridized carbons (Fsp3) is 0.143. The topological polar surface area (TPSA) is 35.2 Å². The second-order valence-corrected chi connectivity index (χ2v) is 4.13. The van der Waals surface area contributed by atoms with Gasteiger partial charge in [-0.2, -0.15) is 4.39 Å². The molecule has 2 N–H and O–H groups in total. The molecule has 2 aromatic rings. The van der Waals surface area contributed by atoms with E-state index in [-0.39, 0.29) is 17.5 Å². The molecule has 0 amide bonds. The molecule has 19 heavy (non-hydrogen) atoms. The van der Waals surface area contributed by atoms with Crippen LogP contribution in [-0.4, -0.2) is 0 Å². The van der Waals surface area contributed by atoms with Crippen molar-refractivity contribution in [1.82, 2.24) is 0 Å². The van der Waals surface area contributed by atoms with E-state index in [1.54, 1.807) is 13.0 Å². The molecular weight excluding hydrogens is 255 g/mol. The molecule has 1 unspecified atom stereocenters. The third-order valence-corrected chi connectivity index (χ3v) is 2.62. The summed E-state index contributed by atoms with van der Waals surface area (Å²) in [6.45, 7) is 1.71. The lowest BCUT2D eigenvalue weighted by molar-refractivity contribution is 0.396. The first-order chi connectivity index (χ1) is 8.99. The van der Waals surface area contributed by atoms with Gasteiger partial charge in [0.25, 0.3) is 0 Å². The lowest BCUT2D eigenvalue weighted by Crippen LogP contribution is -2.05. The maximum Gasteiger partial charge on any atom is 0.201 e. The minimum Gasteiger partial charge on any atom is -0.451 e. The summed E-state index contributed by atoms with van der Waals surface area (Å²) in [6, 6.07) is 7.24. The molecule has 0 aromatic heterocycles. The van der Waals surface area contributed by atoms with Crippen LogP contribution in [0.2, 0.25) is 0 Å². The highest BCUT2D eigenvalue weighted by atomic mass is 19.2. The lowest BCUT2D eigenvalue weighted by Gasteiger charge is -2.10. The van der Waals surface area contributed by atoms with Crippen molar-refractivity contribution in [2.45, 2.75) is 13.0 Å². The molecule has 100 valence electrons. The number of benzene rings is 2. The Morgan fingerprint density at radius 3 is 2.37 bits per heavy atom. The molecule has 0 aliphatic heterocycles. The molecule has 2 aromatic carbocycles. The van der Waals surface area contributed by atoms with Gasteiger partial charge in [0.1, 0.15) is 0 Å². The highest BCUT2D eigenvalue weighted by Gasteiger charge is 2.13. The Morgan fingerprint density at radius 1 is 1.00 bits per heavy atom. The van der Waals surface area contributed by atoms with E-state index in [2.05, 4.69) is 0 Å². The van der Waals surface area contributed by atoms with Crippen LogP contribution in [0.5, 0.6) is 11.5 Å². The summed E-state index contributed by atoms with van der Waals surface area (Å²) in [7, 11) is 0. The van der Waals surface area contributed by atoms with Crippen molar-refractivity contribution in [3.8, 4) is 11.5 Å². The van der Waals surface area contributed by atoms with Crippen molar-refractivity contribution in [2.75, 3.05) is 0 Å². The molecule has 0 saturated carbocycles. The Labute approximate surface area is 108 Å². The smallest absolute Gasteiger partial charge is 0.201 e. The van der Waals surface area contributed by atoms with E-state index in [0.29, 0.717) is 5.56 Å². The first-order valence-corrected chi connectivity index (χ1v) is 5.66. The van der Waals surface area contributed by atoms with E-state index in [1.807, 2.05) is 0 Å². The van der Waals surface area contributed by atoms with Gasteiger partial charge in [-0.05, 0) is 36.8 Å². The minimum absolute atomic E-state index is 0.186. The Hall–Kier alpha value is -2.01. The minimum atomic E-state index is -1.15. The zero-order chi connectivity index (χ0) is 14.0. The molecule has 0 aliphatic carbocycles. The van der Waals surface area contributed by atoms with Crippen LogP contribution in [-0.2, 0) is 0 Å². The predicted molar refractivity (Wildman–Crippen MR) is 65.4 cm³/mol. The van der Waals surface area contributed by atoms with E-state index in [4.69, 9.17) is 10.5 Å². The third kappa shape index (κ3) is 2.88. The molecule has 0 heterocycles. The number of rotatable bonds is 3. The van der Waals surface area contributed by atoms with Gasteiger partial charge < -0.3 is 10.5 Å². The third-order valence-electron chi connectivity index (χ3n) is 2.62. The molecule has 0 radical (unpaired) electrons. The molecular formula is C14H12F3NO. The molecule has 0 aliphatic rings. The van der Waals surface area contributed by atoms with Crippen molar-refractivity contribution < 1.29 is 17.9 Å². The van der Waals surface area contributed by atoms with Crippen molar-refractivity contribution in [3.05, 3.63) is 59.4 Å². The quantitative estimate of drug-likeness (QED) is 0.914. The normalized spacial score (nSPS) is 12.3. The van der Waals surface area contributed by atoms with Crippen molar-refractivity contribution >= 4 is 0 Å². The van der Waals surface area contributed by atoms with Crippen LogP contribution in [0.3, 0.4) is 0 Å². The fourth-order valence-electron chi connectivity index (χ4n) is 1.56. The van der Waals surface area contributed by atoms with Crippen LogP contribution in [0.25, 0.3) is 0 Å². The molecule has 1 atom stereocenters. The number of ether oxygens (including phenoxy) is 1. The molecule has 0 saturated heterocycles. The Kier molecular flexibility index (Phi) is 3.76. The molecule has 0 fully saturated rings. The zero-order valence-electron chi connectivity index (χ0n) is 10.2. The monoisotopic (exact) mass is 267 g/mol. The fourth-order valence-corrected chi connectivity index (χ4v) is 1.56. The molecule has 2 nitrogen and oxygen atoms in total. The van der Waals surface area contributed by atoms with Crippen LogP contribution in [0.15, 0.2) is 36.4 Å². The van der Waals surface area contributed by atoms with Crippen molar-refractivity contribution in [2.24, 2.45) is 5.73 Å². The number of hydrogen-bond acceptors (Lipinski definition) is 2. The van der Waals surface area contributed by atoms with Gasteiger partial charge in [0.2, 0.25) is 5.82 Å². The van der Waals surface area contributed by atoms with E-state index in [9.17, 15) is 13.2 Å². The summed E-state index contributed by atoms with van der Waals surface area (Å²) in [5.74, 6) is -3.44. The van der Waals surface area contributed by atoms with E-state index in [1.165, 1.54) is 24.3 Å². The molecule has 0 spiro atoms. The van der Waals surface area contributed by atoms with E-state index in [0.717, 1.165) is 6.07 Å². The second kappa shape index (κ2) is 5.32. The van der Waals surface area contributed by atoms with E-state index >= 15 is 0 Å². The van der Waals surface area contributed by atoms with Crippen molar-refractivity contribution in [3.63, 3.8) is 0 Å². The highest BCUT2D eigenvalue weighted by Crippen LogP contribution is 2.29. The van der Waals surface area contributed by atoms with Gasteiger partial charge in [-0.25, -0.2) is 8.78 Å². The Morgan fingerprint density at radius 2 is 1.74 bits per heavy atom. The summed E-state index contributed by atoms with van der Waals surface area (Å²) in [6.07, 6.45) is 0. The lowest BCUT2D eigenvalue weighted by atomic mass is 10.1. The van der Waals surface area contributed by atoms with Gasteiger partial charge in [-0.3, -0.25) is 0 Å². The van der Waals surface area contributed by atoms with Crippen LogP contribution in [0.1, 0.15) is 18.5 Å². The van der Waals surface area contributed by atoms with Gasteiger partial charge >= 0.3 is 0 Å². The number of nitrogens with two attached hydrogens (primary N) is 1. The summed E-state index contributed by atoms with van der Waals surface area (Å²) in [5.41, 5.74) is 6.20. The first kappa shape index (κ1) is 13.4. The maximum absolute atomic E-state index is 13.7. The van der Waals surface area contributed by atoms with Gasteiger partial charge in [0, 0.05) is 6.04 Å². The average molecular weight is 267 g/mol. The summed E-state index contributed by atoms with van der Waals surface area (Å²) in [4.78, 5) is 0. The van der Waals surface area contributed by atoms with Crippen LogP contribution in [0, 0.1) is 17.5 Å². The van der Waals surface area contributed by atoms with E-state index < -0.39 is 17.5 Å². The predicted octanol–water partition coefficient (Wildman–Crippen LogP) is 3.92. The molecule has 5 heteroatoms. The summed E-state index contributed by atoms with van der Waals surface area (Å²) in [5, 5.41) is 0. The van der Waals surface area contributed by atoms with Gasteiger partial charge in [-0.1, -0.05) is 12.1 Å². The van der Waals surface area contributed by atoms with Gasteiger partial charge in [0.05, 0.1) is 0 Å². The summed E-state index contributed by atoms with van der Waals surface area (Å²) < 4.78 is 45.1. The highest BCUT2D eigenvalue weighted by molar-refractivity contribution is 5.36. The number of hydrogen-bond donors (Lipinski definition) is 1. The molecule has 0 bridgehead atoms. The molecule has 2 rings (SSSR count). The Bertz CT molecular complexity index is 599. The Balaban J connectivity index is 2.31. The summed E-state index contributed by atoms with van der Waals surface area (Å²) >= 11 is 0. The van der Waals surface area contributed by atoms with Crippen molar-refractivity contribution in [1.29, 1.82) is 0 Å². The largest absolute Gasteiger partial charge is 0.451 e. The second-order valence-electron chi connectivity index (χ2n) is 4.13. The van der Waals surface area contributed by atoms with Gasteiger partial charge in [0.15, 0.2) is 23.1 Å². The average Bonchev–Trinajstić information content (AvgIpc) is 2.37. The SMILES string of the molecule is CC(N)c1ccc(Oc2cccc(F)c2F)c(F)c1. The maximum atomic E-state index is 13.7. The number of halogens is 3. The standard InChI is InChI=1S/C14H12F3NO/c1-8(18)9-5-6-12(11(16)7-9)19-13-4-2-3-10(15)14(13)17/h2-8H,18H2,1H3. The van der Waals surface area contributed by atoms with Crippen LogP contribution >= 0.6 is 0 Å². The van der Waals surface area contributed by atoms with Crippen LogP contribution < -0.4 is 10.5 Å². The van der Waals surface area contributed by atoms with Gasteiger partial charge in [-0.15, -0.1) is 0 Å². The zero-order valence-corrected chi connectivity index (χ0v) is 10.2.